The lowest BCUT2D eigenvalue weighted by Gasteiger charge is -2.67. The molecular formula is C17H26O8. The smallest absolute Gasteiger partial charge is 0.305 e. The van der Waals surface area contributed by atoms with Crippen LogP contribution in [-0.4, -0.2) is 49.8 Å². The Morgan fingerprint density at radius 3 is 2.48 bits per heavy atom. The minimum absolute atomic E-state index is 0.143. The van der Waals surface area contributed by atoms with Crippen LogP contribution in [0, 0.1) is 11.3 Å². The van der Waals surface area contributed by atoms with Crippen molar-refractivity contribution >= 4 is 11.9 Å². The molecule has 3 aliphatic heterocycles. The summed E-state index contributed by atoms with van der Waals surface area (Å²) in [6, 6.07) is 0. The zero-order valence-electron chi connectivity index (χ0n) is 15.3. The SMILES string of the molecule is COCO[C@@]1(C)CC[C@]2(OC(C)=O)O[C@@H]3C[C@@]1(C)C2[C@H](OC(C)=O)O3. The van der Waals surface area contributed by atoms with Crippen LogP contribution >= 0.6 is 0 Å². The molecule has 0 amide bonds. The lowest BCUT2D eigenvalue weighted by atomic mass is 9.52. The van der Waals surface area contributed by atoms with Gasteiger partial charge in [0.1, 0.15) is 6.79 Å². The Morgan fingerprint density at radius 1 is 1.16 bits per heavy atom. The molecule has 3 saturated heterocycles. The van der Waals surface area contributed by atoms with Crippen LogP contribution in [0.2, 0.25) is 0 Å². The molecule has 6 atom stereocenters. The van der Waals surface area contributed by atoms with Crippen LogP contribution in [0.5, 0.6) is 0 Å². The van der Waals surface area contributed by atoms with Gasteiger partial charge in [-0.05, 0) is 13.3 Å². The quantitative estimate of drug-likeness (QED) is 0.542. The molecule has 8 nitrogen and oxygen atoms in total. The summed E-state index contributed by atoms with van der Waals surface area (Å²) in [5, 5.41) is 0. The van der Waals surface area contributed by atoms with Gasteiger partial charge < -0.3 is 28.4 Å². The molecular weight excluding hydrogens is 332 g/mol. The number of ether oxygens (including phenoxy) is 6. The Morgan fingerprint density at radius 2 is 1.88 bits per heavy atom. The molecule has 25 heavy (non-hydrogen) atoms. The fourth-order valence-electron chi connectivity index (χ4n) is 4.63. The molecule has 0 radical (unpaired) electrons. The Labute approximate surface area is 147 Å². The summed E-state index contributed by atoms with van der Waals surface area (Å²) in [4.78, 5) is 23.3. The van der Waals surface area contributed by atoms with Gasteiger partial charge in [-0.25, -0.2) is 0 Å². The summed E-state index contributed by atoms with van der Waals surface area (Å²) >= 11 is 0. The predicted octanol–water partition coefficient (Wildman–Crippen LogP) is 1.71. The van der Waals surface area contributed by atoms with E-state index in [1.54, 1.807) is 7.11 Å². The van der Waals surface area contributed by atoms with Crippen molar-refractivity contribution in [2.45, 2.75) is 70.9 Å². The number of methoxy groups -OCH3 is 1. The third kappa shape index (κ3) is 2.85. The predicted molar refractivity (Wildman–Crippen MR) is 82.8 cm³/mol. The molecule has 0 aromatic carbocycles. The summed E-state index contributed by atoms with van der Waals surface area (Å²) in [6.07, 6.45) is 0.0593. The molecule has 4 aliphatic rings. The maximum absolute atomic E-state index is 11.7. The van der Waals surface area contributed by atoms with Crippen molar-refractivity contribution in [3.8, 4) is 0 Å². The molecule has 1 aliphatic carbocycles. The minimum atomic E-state index is -1.18. The van der Waals surface area contributed by atoms with Gasteiger partial charge in [-0.3, -0.25) is 9.59 Å². The van der Waals surface area contributed by atoms with Gasteiger partial charge in [-0.1, -0.05) is 6.92 Å². The second-order valence-electron chi connectivity index (χ2n) is 7.45. The van der Waals surface area contributed by atoms with Crippen molar-refractivity contribution in [1.82, 2.24) is 0 Å². The number of esters is 2. The standard InChI is InChI=1S/C17H26O8/c1-10(18)22-14-13-15(3)8-12(23-14)25-17(13,24-11(2)19)7-6-16(15,4)21-9-20-5/h12-14H,6-9H2,1-5H3/t12-,13?,14-,15+,16+,17+/m1/s1. The van der Waals surface area contributed by atoms with Crippen molar-refractivity contribution in [1.29, 1.82) is 0 Å². The highest BCUT2D eigenvalue weighted by Crippen LogP contribution is 2.65. The van der Waals surface area contributed by atoms with E-state index in [2.05, 4.69) is 0 Å². The van der Waals surface area contributed by atoms with Crippen LogP contribution in [-0.2, 0) is 38.0 Å². The zero-order valence-corrected chi connectivity index (χ0v) is 15.3. The maximum Gasteiger partial charge on any atom is 0.305 e. The Hall–Kier alpha value is -1.22. The Kier molecular flexibility index (Phi) is 4.60. The first-order chi connectivity index (χ1) is 11.7. The van der Waals surface area contributed by atoms with E-state index in [1.807, 2.05) is 13.8 Å². The van der Waals surface area contributed by atoms with Gasteiger partial charge in [-0.15, -0.1) is 0 Å². The first-order valence-corrected chi connectivity index (χ1v) is 8.49. The molecule has 4 bridgehead atoms. The van der Waals surface area contributed by atoms with Crippen molar-refractivity contribution in [2.75, 3.05) is 13.9 Å². The second kappa shape index (κ2) is 6.19. The highest BCUT2D eigenvalue weighted by atomic mass is 16.8. The number of fused-ring (bicyclic) bond motifs is 1. The van der Waals surface area contributed by atoms with Gasteiger partial charge in [0.2, 0.25) is 12.1 Å². The monoisotopic (exact) mass is 358 g/mol. The highest BCUT2D eigenvalue weighted by Gasteiger charge is 2.74. The Bertz CT molecular complexity index is 565. The molecule has 1 unspecified atom stereocenters. The molecule has 0 spiro atoms. The molecule has 3 heterocycles. The van der Waals surface area contributed by atoms with Gasteiger partial charge in [0.25, 0.3) is 0 Å². The first kappa shape index (κ1) is 18.6. The second-order valence-corrected chi connectivity index (χ2v) is 7.45. The number of carbonyl (C=O) groups excluding carboxylic acids is 2. The molecule has 142 valence electrons. The van der Waals surface area contributed by atoms with E-state index in [9.17, 15) is 9.59 Å². The average Bonchev–Trinajstić information content (AvgIpc) is 2.48. The van der Waals surface area contributed by atoms with Crippen LogP contribution in [0.3, 0.4) is 0 Å². The Balaban J connectivity index is 2.02. The van der Waals surface area contributed by atoms with Crippen LogP contribution in [0.15, 0.2) is 0 Å². The third-order valence-electron chi connectivity index (χ3n) is 5.89. The van der Waals surface area contributed by atoms with Crippen LogP contribution < -0.4 is 0 Å². The third-order valence-corrected chi connectivity index (χ3v) is 5.89. The maximum atomic E-state index is 11.7. The van der Waals surface area contributed by atoms with E-state index >= 15 is 0 Å². The van der Waals surface area contributed by atoms with Crippen molar-refractivity contribution in [3.63, 3.8) is 0 Å². The molecule has 0 aromatic rings. The van der Waals surface area contributed by atoms with E-state index in [-0.39, 0.29) is 6.79 Å². The molecule has 4 fully saturated rings. The van der Waals surface area contributed by atoms with E-state index in [4.69, 9.17) is 28.4 Å². The lowest BCUT2D eigenvalue weighted by molar-refractivity contribution is -0.486. The minimum Gasteiger partial charge on any atom is -0.435 e. The molecule has 8 heteroatoms. The number of hydrogen-bond donors (Lipinski definition) is 0. The summed E-state index contributed by atoms with van der Waals surface area (Å²) in [6.45, 7) is 6.86. The van der Waals surface area contributed by atoms with E-state index in [0.29, 0.717) is 19.3 Å². The van der Waals surface area contributed by atoms with Crippen molar-refractivity contribution in [3.05, 3.63) is 0 Å². The highest BCUT2D eigenvalue weighted by molar-refractivity contribution is 5.67. The summed E-state index contributed by atoms with van der Waals surface area (Å²) in [5.41, 5.74) is -1.07. The fourth-order valence-corrected chi connectivity index (χ4v) is 4.63. The first-order valence-electron chi connectivity index (χ1n) is 8.49. The topological polar surface area (TPSA) is 89.5 Å². The van der Waals surface area contributed by atoms with E-state index < -0.39 is 47.2 Å². The van der Waals surface area contributed by atoms with Gasteiger partial charge in [-0.2, -0.15) is 0 Å². The molecule has 0 aromatic heterocycles. The largest absolute Gasteiger partial charge is 0.435 e. The average molecular weight is 358 g/mol. The van der Waals surface area contributed by atoms with Gasteiger partial charge in [0.05, 0.1) is 11.5 Å². The number of hydrogen-bond acceptors (Lipinski definition) is 8. The molecule has 0 N–H and O–H groups in total. The van der Waals surface area contributed by atoms with Crippen LogP contribution in [0.4, 0.5) is 0 Å². The van der Waals surface area contributed by atoms with E-state index in [0.717, 1.165) is 0 Å². The number of rotatable bonds is 5. The summed E-state index contributed by atoms with van der Waals surface area (Å²) < 4.78 is 33.9. The van der Waals surface area contributed by atoms with Gasteiger partial charge >= 0.3 is 11.9 Å². The molecule has 4 rings (SSSR count). The van der Waals surface area contributed by atoms with Crippen LogP contribution in [0.25, 0.3) is 0 Å². The summed E-state index contributed by atoms with van der Waals surface area (Å²) in [5.74, 6) is -2.60. The normalized spacial score (nSPS) is 45.1. The van der Waals surface area contributed by atoms with Gasteiger partial charge in [0, 0.05) is 39.2 Å². The fraction of sp³-hybridized carbons (Fsp3) is 0.882. The molecule has 1 saturated carbocycles. The van der Waals surface area contributed by atoms with E-state index in [1.165, 1.54) is 13.8 Å². The van der Waals surface area contributed by atoms with Crippen molar-refractivity contribution in [2.24, 2.45) is 11.3 Å². The zero-order chi connectivity index (χ0) is 18.5. The summed E-state index contributed by atoms with van der Waals surface area (Å²) in [7, 11) is 1.57. The van der Waals surface area contributed by atoms with Crippen LogP contribution in [0.1, 0.15) is 47.0 Å². The number of carbonyl (C=O) groups is 2. The lowest BCUT2D eigenvalue weighted by Crippen LogP contribution is -2.76. The van der Waals surface area contributed by atoms with Crippen molar-refractivity contribution < 1.29 is 38.0 Å². The van der Waals surface area contributed by atoms with Gasteiger partial charge in [0.15, 0.2) is 6.29 Å².